The van der Waals surface area contributed by atoms with E-state index in [1.54, 1.807) is 0 Å². The van der Waals surface area contributed by atoms with E-state index < -0.39 is 0 Å². The number of hydrogen-bond donors (Lipinski definition) is 2. The minimum absolute atomic E-state index is 0.252. The summed E-state index contributed by atoms with van der Waals surface area (Å²) in [5.41, 5.74) is 5.54. The van der Waals surface area contributed by atoms with Crippen LogP contribution in [0.2, 0.25) is 0 Å². The monoisotopic (exact) mass is 202 g/mol. The van der Waals surface area contributed by atoms with Crippen LogP contribution in [0.3, 0.4) is 0 Å². The quantitative estimate of drug-likeness (QED) is 0.647. The molecule has 76 valence electrons. The molecule has 0 aromatic carbocycles. The van der Waals surface area contributed by atoms with Gasteiger partial charge in [-0.15, -0.1) is 0 Å². The van der Waals surface area contributed by atoms with Gasteiger partial charge in [0.25, 0.3) is 0 Å². The first-order valence-electron chi connectivity index (χ1n) is 4.79. The second kappa shape index (κ2) is 4.88. The molecule has 4 heteroatoms. The molecule has 0 aromatic rings. The highest BCUT2D eigenvalue weighted by atomic mass is 32.1. The highest BCUT2D eigenvalue weighted by Gasteiger charge is 2.25. The van der Waals surface area contributed by atoms with Crippen LogP contribution in [-0.4, -0.2) is 40.7 Å². The standard InChI is InChI=1S/C9H18N2OS/c1-7(9(10)13)5-11-4-2-3-8(11)6-12/h7-8,12H,2-6H2,1H3,(H2,10,13). The first-order valence-corrected chi connectivity index (χ1v) is 5.20. The second-order valence-corrected chi connectivity index (χ2v) is 4.25. The van der Waals surface area contributed by atoms with Crippen molar-refractivity contribution >= 4 is 17.2 Å². The summed E-state index contributed by atoms with van der Waals surface area (Å²) >= 11 is 4.92. The summed E-state index contributed by atoms with van der Waals surface area (Å²) in [5, 5.41) is 9.08. The Balaban J connectivity index is 2.39. The van der Waals surface area contributed by atoms with Crippen LogP contribution in [0.15, 0.2) is 0 Å². The van der Waals surface area contributed by atoms with Gasteiger partial charge in [0.1, 0.15) is 0 Å². The molecule has 2 atom stereocenters. The molecule has 2 unspecified atom stereocenters. The van der Waals surface area contributed by atoms with Gasteiger partial charge in [-0.2, -0.15) is 0 Å². The number of rotatable bonds is 4. The predicted octanol–water partition coefficient (Wildman–Crippen LogP) is 0.365. The van der Waals surface area contributed by atoms with Gasteiger partial charge in [-0.05, 0) is 19.4 Å². The third-order valence-corrected chi connectivity index (χ3v) is 3.11. The highest BCUT2D eigenvalue weighted by molar-refractivity contribution is 7.80. The molecule has 0 aliphatic carbocycles. The Kier molecular flexibility index (Phi) is 4.09. The summed E-state index contributed by atoms with van der Waals surface area (Å²) in [7, 11) is 0. The Labute approximate surface area is 84.9 Å². The van der Waals surface area contributed by atoms with E-state index in [1.807, 2.05) is 6.92 Å². The van der Waals surface area contributed by atoms with Gasteiger partial charge in [-0.1, -0.05) is 19.1 Å². The highest BCUT2D eigenvalue weighted by Crippen LogP contribution is 2.17. The number of likely N-dealkylation sites (tertiary alicyclic amines) is 1. The van der Waals surface area contributed by atoms with E-state index in [-0.39, 0.29) is 12.5 Å². The zero-order chi connectivity index (χ0) is 9.84. The smallest absolute Gasteiger partial charge is 0.0768 e. The van der Waals surface area contributed by atoms with Crippen molar-refractivity contribution in [1.29, 1.82) is 0 Å². The maximum absolute atomic E-state index is 9.08. The van der Waals surface area contributed by atoms with E-state index in [4.69, 9.17) is 23.1 Å². The van der Waals surface area contributed by atoms with Crippen LogP contribution in [0.1, 0.15) is 19.8 Å². The topological polar surface area (TPSA) is 49.5 Å². The molecule has 0 aromatic heterocycles. The lowest BCUT2D eigenvalue weighted by Crippen LogP contribution is -2.38. The predicted molar refractivity (Wildman–Crippen MR) is 57.6 cm³/mol. The number of hydrogen-bond acceptors (Lipinski definition) is 3. The lowest BCUT2D eigenvalue weighted by atomic mass is 10.1. The van der Waals surface area contributed by atoms with Gasteiger partial charge in [-0.25, -0.2) is 0 Å². The average Bonchev–Trinajstić information content (AvgIpc) is 2.51. The molecule has 0 amide bonds. The van der Waals surface area contributed by atoms with E-state index in [0.29, 0.717) is 11.0 Å². The minimum atomic E-state index is 0.252. The number of nitrogens with zero attached hydrogens (tertiary/aromatic N) is 1. The fourth-order valence-corrected chi connectivity index (χ4v) is 1.86. The molecule has 0 bridgehead atoms. The van der Waals surface area contributed by atoms with Gasteiger partial charge in [0.15, 0.2) is 0 Å². The molecule has 1 aliphatic rings. The molecule has 1 aliphatic heterocycles. The van der Waals surface area contributed by atoms with E-state index in [9.17, 15) is 0 Å². The Hall–Kier alpha value is -0.190. The molecule has 0 spiro atoms. The van der Waals surface area contributed by atoms with Gasteiger partial charge in [0.2, 0.25) is 0 Å². The third kappa shape index (κ3) is 2.90. The molecule has 1 heterocycles. The first-order chi connectivity index (χ1) is 6.15. The van der Waals surface area contributed by atoms with Crippen molar-refractivity contribution in [1.82, 2.24) is 4.90 Å². The molecule has 13 heavy (non-hydrogen) atoms. The van der Waals surface area contributed by atoms with Crippen molar-refractivity contribution < 1.29 is 5.11 Å². The summed E-state index contributed by atoms with van der Waals surface area (Å²) in [5.74, 6) is 0.252. The molecule has 0 saturated carbocycles. The van der Waals surface area contributed by atoms with Gasteiger partial charge in [0.05, 0.1) is 11.6 Å². The van der Waals surface area contributed by atoms with Crippen LogP contribution in [0, 0.1) is 5.92 Å². The first kappa shape index (κ1) is 10.9. The van der Waals surface area contributed by atoms with Gasteiger partial charge in [-0.3, -0.25) is 4.90 Å². The van der Waals surface area contributed by atoms with Crippen molar-refractivity contribution in [3.63, 3.8) is 0 Å². The maximum atomic E-state index is 9.08. The third-order valence-electron chi connectivity index (χ3n) is 2.70. The van der Waals surface area contributed by atoms with Crippen molar-refractivity contribution in [2.45, 2.75) is 25.8 Å². The second-order valence-electron chi connectivity index (χ2n) is 3.78. The largest absolute Gasteiger partial charge is 0.395 e. The Morgan fingerprint density at radius 2 is 2.46 bits per heavy atom. The molecule has 3 N–H and O–H groups in total. The summed E-state index contributed by atoms with van der Waals surface area (Å²) in [4.78, 5) is 2.85. The zero-order valence-corrected chi connectivity index (χ0v) is 8.89. The summed E-state index contributed by atoms with van der Waals surface area (Å²) in [6.45, 7) is 4.25. The van der Waals surface area contributed by atoms with Crippen LogP contribution in [-0.2, 0) is 0 Å². The number of aliphatic hydroxyl groups excluding tert-OH is 1. The van der Waals surface area contributed by atoms with Crippen LogP contribution >= 0.6 is 12.2 Å². The van der Waals surface area contributed by atoms with E-state index in [1.165, 1.54) is 6.42 Å². The van der Waals surface area contributed by atoms with Crippen LogP contribution in [0.25, 0.3) is 0 Å². The van der Waals surface area contributed by atoms with Crippen molar-refractivity contribution in [3.8, 4) is 0 Å². The van der Waals surface area contributed by atoms with Crippen molar-refractivity contribution in [2.24, 2.45) is 11.7 Å². The molecule has 1 rings (SSSR count). The van der Waals surface area contributed by atoms with Gasteiger partial charge in [0, 0.05) is 18.5 Å². The molecular formula is C9H18N2OS. The number of nitrogens with two attached hydrogens (primary N) is 1. The fraction of sp³-hybridized carbons (Fsp3) is 0.889. The number of thiocarbonyl (C=S) groups is 1. The van der Waals surface area contributed by atoms with Gasteiger partial charge >= 0.3 is 0 Å². The lowest BCUT2D eigenvalue weighted by Gasteiger charge is -2.25. The van der Waals surface area contributed by atoms with Crippen LogP contribution in [0.4, 0.5) is 0 Å². The van der Waals surface area contributed by atoms with E-state index in [2.05, 4.69) is 4.90 Å². The summed E-state index contributed by atoms with van der Waals surface area (Å²) in [6.07, 6.45) is 2.27. The average molecular weight is 202 g/mol. The Morgan fingerprint density at radius 1 is 1.77 bits per heavy atom. The Bertz CT molecular complexity index is 186. The fourth-order valence-electron chi connectivity index (χ4n) is 1.78. The summed E-state index contributed by atoms with van der Waals surface area (Å²) < 4.78 is 0. The van der Waals surface area contributed by atoms with Crippen LogP contribution in [0.5, 0.6) is 0 Å². The SMILES string of the molecule is CC(CN1CCCC1CO)C(N)=S. The molecule has 1 fully saturated rings. The summed E-state index contributed by atoms with van der Waals surface area (Å²) in [6, 6.07) is 0.330. The number of aliphatic hydroxyl groups is 1. The van der Waals surface area contributed by atoms with Crippen molar-refractivity contribution in [2.75, 3.05) is 19.7 Å². The van der Waals surface area contributed by atoms with Crippen LogP contribution < -0.4 is 5.73 Å². The lowest BCUT2D eigenvalue weighted by molar-refractivity contribution is 0.153. The minimum Gasteiger partial charge on any atom is -0.395 e. The molecule has 0 radical (unpaired) electrons. The molecular weight excluding hydrogens is 184 g/mol. The zero-order valence-electron chi connectivity index (χ0n) is 8.07. The Morgan fingerprint density at radius 3 is 3.00 bits per heavy atom. The van der Waals surface area contributed by atoms with E-state index in [0.717, 1.165) is 19.5 Å². The van der Waals surface area contributed by atoms with Crippen molar-refractivity contribution in [3.05, 3.63) is 0 Å². The molecule has 1 saturated heterocycles. The normalized spacial score (nSPS) is 26.2. The van der Waals surface area contributed by atoms with Gasteiger partial charge < -0.3 is 10.8 Å². The van der Waals surface area contributed by atoms with E-state index >= 15 is 0 Å². The maximum Gasteiger partial charge on any atom is 0.0768 e. The molecule has 3 nitrogen and oxygen atoms in total.